The lowest BCUT2D eigenvalue weighted by Gasteiger charge is -1.91. The first-order valence-corrected chi connectivity index (χ1v) is 4.70. The zero-order chi connectivity index (χ0) is 9.42. The van der Waals surface area contributed by atoms with Crippen molar-refractivity contribution < 1.29 is 0 Å². The van der Waals surface area contributed by atoms with Crippen LogP contribution in [0.25, 0.3) is 5.65 Å². The van der Waals surface area contributed by atoms with E-state index in [0.717, 1.165) is 30.0 Å². The van der Waals surface area contributed by atoms with Crippen LogP contribution in [0.5, 0.6) is 0 Å². The highest BCUT2D eigenvalue weighted by atomic mass is 35.5. The SMILES string of the molecule is CCCc1[nH]n2nc(C)nc2c1Cl. The van der Waals surface area contributed by atoms with Crippen molar-refractivity contribution in [1.29, 1.82) is 0 Å². The summed E-state index contributed by atoms with van der Waals surface area (Å²) in [6, 6.07) is 0. The first kappa shape index (κ1) is 8.56. The van der Waals surface area contributed by atoms with E-state index in [1.165, 1.54) is 0 Å². The highest BCUT2D eigenvalue weighted by molar-refractivity contribution is 6.34. The van der Waals surface area contributed by atoms with Gasteiger partial charge < -0.3 is 0 Å². The summed E-state index contributed by atoms with van der Waals surface area (Å²) in [6.07, 6.45) is 1.99. The molecule has 0 aliphatic rings. The number of rotatable bonds is 2. The number of nitrogens with zero attached hydrogens (tertiary/aromatic N) is 3. The average Bonchev–Trinajstić information content (AvgIpc) is 2.54. The van der Waals surface area contributed by atoms with E-state index in [2.05, 4.69) is 22.1 Å². The molecule has 0 bridgehead atoms. The van der Waals surface area contributed by atoms with Gasteiger partial charge in [0.1, 0.15) is 10.8 Å². The van der Waals surface area contributed by atoms with Crippen LogP contribution in [0.3, 0.4) is 0 Å². The highest BCUT2D eigenvalue weighted by Gasteiger charge is 2.11. The maximum absolute atomic E-state index is 6.09. The molecule has 70 valence electrons. The Balaban J connectivity index is 2.56. The van der Waals surface area contributed by atoms with Crippen molar-refractivity contribution >= 4 is 17.2 Å². The molecule has 1 N–H and O–H groups in total. The first-order chi connectivity index (χ1) is 6.22. The number of aromatic nitrogens is 4. The summed E-state index contributed by atoms with van der Waals surface area (Å²) in [4.78, 5) is 4.20. The molecule has 4 nitrogen and oxygen atoms in total. The molecule has 0 radical (unpaired) electrons. The van der Waals surface area contributed by atoms with Crippen molar-refractivity contribution in [3.05, 3.63) is 16.5 Å². The largest absolute Gasteiger partial charge is 0.279 e. The van der Waals surface area contributed by atoms with Crippen LogP contribution in [0.15, 0.2) is 0 Å². The van der Waals surface area contributed by atoms with E-state index in [-0.39, 0.29) is 0 Å². The summed E-state index contributed by atoms with van der Waals surface area (Å²) in [5, 5.41) is 7.94. The van der Waals surface area contributed by atoms with E-state index in [0.29, 0.717) is 5.02 Å². The molecular weight excluding hydrogens is 188 g/mol. The van der Waals surface area contributed by atoms with Crippen LogP contribution in [0.1, 0.15) is 24.9 Å². The Morgan fingerprint density at radius 3 is 2.92 bits per heavy atom. The third kappa shape index (κ3) is 1.31. The van der Waals surface area contributed by atoms with Gasteiger partial charge in [-0.1, -0.05) is 24.9 Å². The van der Waals surface area contributed by atoms with Gasteiger partial charge in [0.25, 0.3) is 0 Å². The number of fused-ring (bicyclic) bond motifs is 1. The van der Waals surface area contributed by atoms with Crippen molar-refractivity contribution in [3.8, 4) is 0 Å². The smallest absolute Gasteiger partial charge is 0.194 e. The molecule has 5 heteroatoms. The van der Waals surface area contributed by atoms with Gasteiger partial charge in [-0.25, -0.2) is 4.98 Å². The van der Waals surface area contributed by atoms with E-state index in [1.54, 1.807) is 4.63 Å². The fourth-order valence-corrected chi connectivity index (χ4v) is 1.62. The molecule has 0 fully saturated rings. The number of halogens is 1. The van der Waals surface area contributed by atoms with Crippen molar-refractivity contribution in [2.75, 3.05) is 0 Å². The Morgan fingerprint density at radius 2 is 2.31 bits per heavy atom. The molecule has 13 heavy (non-hydrogen) atoms. The second-order valence-corrected chi connectivity index (χ2v) is 3.43. The average molecular weight is 199 g/mol. The fourth-order valence-electron chi connectivity index (χ4n) is 1.36. The standard InChI is InChI=1S/C8H11ClN4/c1-3-4-6-7(9)8-10-5(2)11-13(8)12-6/h12H,3-4H2,1-2H3. The minimum absolute atomic E-state index is 0.697. The van der Waals surface area contributed by atoms with Crippen LogP contribution >= 0.6 is 11.6 Å². The first-order valence-electron chi connectivity index (χ1n) is 4.32. The zero-order valence-corrected chi connectivity index (χ0v) is 8.39. The van der Waals surface area contributed by atoms with Gasteiger partial charge in [0.2, 0.25) is 0 Å². The molecule has 0 saturated carbocycles. The van der Waals surface area contributed by atoms with Crippen molar-refractivity contribution in [2.24, 2.45) is 0 Å². The third-order valence-electron chi connectivity index (χ3n) is 1.92. The minimum atomic E-state index is 0.697. The number of aromatic amines is 1. The highest BCUT2D eigenvalue weighted by Crippen LogP contribution is 2.20. The van der Waals surface area contributed by atoms with Crippen LogP contribution in [0.4, 0.5) is 0 Å². The lowest BCUT2D eigenvalue weighted by atomic mass is 10.2. The van der Waals surface area contributed by atoms with Crippen molar-refractivity contribution in [3.63, 3.8) is 0 Å². The van der Waals surface area contributed by atoms with E-state index in [9.17, 15) is 0 Å². The summed E-state index contributed by atoms with van der Waals surface area (Å²) < 4.78 is 1.63. The summed E-state index contributed by atoms with van der Waals surface area (Å²) in [5.41, 5.74) is 1.74. The third-order valence-corrected chi connectivity index (χ3v) is 2.31. The fraction of sp³-hybridized carbons (Fsp3) is 0.500. The Labute approximate surface area is 80.9 Å². The predicted octanol–water partition coefficient (Wildman–Crippen LogP) is 1.97. The lowest BCUT2D eigenvalue weighted by Crippen LogP contribution is -1.90. The molecule has 0 spiro atoms. The Kier molecular flexibility index (Phi) is 2.00. The van der Waals surface area contributed by atoms with Gasteiger partial charge in [-0.2, -0.15) is 4.63 Å². The Hall–Kier alpha value is -1.03. The second kappa shape index (κ2) is 3.03. The molecule has 0 unspecified atom stereocenters. The molecule has 0 atom stereocenters. The van der Waals surface area contributed by atoms with Gasteiger partial charge in [-0.3, -0.25) is 5.10 Å². The molecule has 0 aliphatic carbocycles. The van der Waals surface area contributed by atoms with E-state index < -0.39 is 0 Å². The van der Waals surface area contributed by atoms with Gasteiger partial charge in [0, 0.05) is 0 Å². The van der Waals surface area contributed by atoms with Gasteiger partial charge in [-0.15, -0.1) is 5.10 Å². The maximum Gasteiger partial charge on any atom is 0.194 e. The summed E-state index contributed by atoms with van der Waals surface area (Å²) >= 11 is 6.09. The van der Waals surface area contributed by atoms with Crippen molar-refractivity contribution in [1.82, 2.24) is 19.8 Å². The van der Waals surface area contributed by atoms with Gasteiger partial charge >= 0.3 is 0 Å². The van der Waals surface area contributed by atoms with E-state index >= 15 is 0 Å². The number of H-pyrrole nitrogens is 1. The Bertz CT molecular complexity index is 428. The molecule has 2 rings (SSSR count). The second-order valence-electron chi connectivity index (χ2n) is 3.05. The quantitative estimate of drug-likeness (QED) is 0.802. The normalized spacial score (nSPS) is 11.3. The molecule has 2 aromatic heterocycles. The van der Waals surface area contributed by atoms with E-state index in [4.69, 9.17) is 11.6 Å². The van der Waals surface area contributed by atoms with Gasteiger partial charge in [-0.05, 0) is 13.3 Å². The lowest BCUT2D eigenvalue weighted by molar-refractivity contribution is 0.762. The topological polar surface area (TPSA) is 46.0 Å². The minimum Gasteiger partial charge on any atom is -0.279 e. The molecule has 0 aliphatic heterocycles. The monoisotopic (exact) mass is 198 g/mol. The van der Waals surface area contributed by atoms with Gasteiger partial charge in [0.15, 0.2) is 5.65 Å². The van der Waals surface area contributed by atoms with Crippen LogP contribution < -0.4 is 0 Å². The summed E-state index contributed by atoms with van der Waals surface area (Å²) in [7, 11) is 0. The molecule has 0 amide bonds. The number of hydrogen-bond donors (Lipinski definition) is 1. The number of nitrogens with one attached hydrogen (secondary N) is 1. The van der Waals surface area contributed by atoms with Crippen molar-refractivity contribution in [2.45, 2.75) is 26.7 Å². The Morgan fingerprint density at radius 1 is 1.54 bits per heavy atom. The number of hydrogen-bond acceptors (Lipinski definition) is 2. The maximum atomic E-state index is 6.09. The van der Waals surface area contributed by atoms with Crippen LogP contribution in [0.2, 0.25) is 5.02 Å². The summed E-state index contributed by atoms with van der Waals surface area (Å²) in [5.74, 6) is 0.733. The van der Waals surface area contributed by atoms with Crippen LogP contribution in [-0.4, -0.2) is 19.8 Å². The molecule has 0 saturated heterocycles. The number of aryl methyl sites for hydroxylation is 2. The van der Waals surface area contributed by atoms with Crippen LogP contribution in [-0.2, 0) is 6.42 Å². The zero-order valence-electron chi connectivity index (χ0n) is 7.63. The molecule has 2 aromatic rings. The van der Waals surface area contributed by atoms with E-state index in [1.807, 2.05) is 6.92 Å². The molecule has 0 aromatic carbocycles. The molecular formula is C8H11ClN4. The van der Waals surface area contributed by atoms with Gasteiger partial charge in [0.05, 0.1) is 5.69 Å². The van der Waals surface area contributed by atoms with Crippen LogP contribution in [0, 0.1) is 6.92 Å². The molecule has 2 heterocycles. The summed E-state index contributed by atoms with van der Waals surface area (Å²) in [6.45, 7) is 3.95. The predicted molar refractivity (Wildman–Crippen MR) is 51.1 cm³/mol.